The Labute approximate surface area is 229 Å². The van der Waals surface area contributed by atoms with Crippen LogP contribution in [0.5, 0.6) is 0 Å². The van der Waals surface area contributed by atoms with Crippen LogP contribution in [0.15, 0.2) is 54.6 Å². The number of imide groups is 1. The SMILES string of the molecule is CC(C)(C)OC(=O)NN(C(=O)OC(C)(C)C)[C@@]1(c2ccccc2)C(=O)N(C(=O)OC(C)(C)C)c2ccccc21. The van der Waals surface area contributed by atoms with E-state index in [1.54, 1.807) is 117 Å². The molecule has 10 nitrogen and oxygen atoms in total. The Hall–Kier alpha value is -4.08. The van der Waals surface area contributed by atoms with Crippen molar-refractivity contribution in [3.63, 3.8) is 0 Å². The number of hydrogen-bond donors (Lipinski definition) is 1. The van der Waals surface area contributed by atoms with E-state index in [0.29, 0.717) is 5.56 Å². The summed E-state index contributed by atoms with van der Waals surface area (Å²) in [5.41, 5.74) is -1.66. The number of fused-ring (bicyclic) bond motifs is 1. The fourth-order valence-electron chi connectivity index (χ4n) is 4.12. The second kappa shape index (κ2) is 10.2. The van der Waals surface area contributed by atoms with Crippen LogP contribution < -0.4 is 10.3 Å². The Kier molecular flexibility index (Phi) is 7.74. The highest BCUT2D eigenvalue weighted by atomic mass is 16.6. The van der Waals surface area contributed by atoms with Gasteiger partial charge in [-0.3, -0.25) is 4.79 Å². The lowest BCUT2D eigenvalue weighted by Crippen LogP contribution is -2.64. The van der Waals surface area contributed by atoms with Crippen molar-refractivity contribution in [3.8, 4) is 0 Å². The molecule has 1 atom stereocenters. The molecule has 0 aliphatic carbocycles. The van der Waals surface area contributed by atoms with Gasteiger partial charge in [0.05, 0.1) is 5.69 Å². The minimum atomic E-state index is -2.05. The summed E-state index contributed by atoms with van der Waals surface area (Å²) in [4.78, 5) is 55.8. The Morgan fingerprint density at radius 3 is 1.79 bits per heavy atom. The van der Waals surface area contributed by atoms with E-state index in [1.807, 2.05) is 0 Å². The summed E-state index contributed by atoms with van der Waals surface area (Å²) in [7, 11) is 0. The Morgan fingerprint density at radius 2 is 1.26 bits per heavy atom. The molecular formula is C29H37N3O7. The number of para-hydroxylation sites is 1. The lowest BCUT2D eigenvalue weighted by Gasteiger charge is -2.40. The van der Waals surface area contributed by atoms with Gasteiger partial charge in [-0.15, -0.1) is 0 Å². The highest BCUT2D eigenvalue weighted by Gasteiger charge is 2.61. The minimum Gasteiger partial charge on any atom is -0.443 e. The normalized spacial score (nSPS) is 17.3. The molecule has 0 saturated heterocycles. The van der Waals surface area contributed by atoms with Gasteiger partial charge in [-0.2, -0.15) is 5.01 Å². The van der Waals surface area contributed by atoms with E-state index < -0.39 is 46.5 Å². The van der Waals surface area contributed by atoms with Crippen LogP contribution in [0.3, 0.4) is 0 Å². The number of carbonyl (C=O) groups is 4. The van der Waals surface area contributed by atoms with Gasteiger partial charge in [0.15, 0.2) is 5.54 Å². The largest absolute Gasteiger partial charge is 0.443 e. The molecule has 39 heavy (non-hydrogen) atoms. The summed E-state index contributed by atoms with van der Waals surface area (Å²) in [6.45, 7) is 15.0. The number of anilines is 1. The Bertz CT molecular complexity index is 1260. The van der Waals surface area contributed by atoms with E-state index in [0.717, 1.165) is 9.91 Å². The zero-order chi connectivity index (χ0) is 29.4. The van der Waals surface area contributed by atoms with Crippen molar-refractivity contribution in [1.29, 1.82) is 0 Å². The first-order chi connectivity index (χ1) is 17.9. The van der Waals surface area contributed by atoms with Crippen molar-refractivity contribution in [1.82, 2.24) is 10.4 Å². The lowest BCUT2D eigenvalue weighted by atomic mass is 9.83. The Balaban J connectivity index is 2.33. The molecule has 1 aliphatic rings. The van der Waals surface area contributed by atoms with Crippen LogP contribution in [0.25, 0.3) is 0 Å². The highest BCUT2D eigenvalue weighted by Crippen LogP contribution is 2.48. The molecule has 4 amide bonds. The smallest absolute Gasteiger partial charge is 0.431 e. The number of ether oxygens (including phenoxy) is 3. The second-order valence-corrected chi connectivity index (χ2v) is 12.1. The van der Waals surface area contributed by atoms with Gasteiger partial charge in [-0.1, -0.05) is 48.5 Å². The fourth-order valence-corrected chi connectivity index (χ4v) is 4.12. The van der Waals surface area contributed by atoms with Crippen LogP contribution >= 0.6 is 0 Å². The van der Waals surface area contributed by atoms with E-state index in [2.05, 4.69) is 5.43 Å². The molecule has 0 fully saturated rings. The van der Waals surface area contributed by atoms with Crippen molar-refractivity contribution in [2.75, 3.05) is 4.90 Å². The number of nitrogens with zero attached hydrogens (tertiary/aromatic N) is 2. The molecule has 0 unspecified atom stereocenters. The van der Waals surface area contributed by atoms with Gasteiger partial charge in [0, 0.05) is 5.56 Å². The number of nitrogens with one attached hydrogen (secondary N) is 1. The minimum absolute atomic E-state index is 0.195. The summed E-state index contributed by atoms with van der Waals surface area (Å²) < 4.78 is 16.7. The first kappa shape index (κ1) is 29.5. The third kappa shape index (κ3) is 6.32. The third-order valence-electron chi connectivity index (χ3n) is 5.33. The average molecular weight is 540 g/mol. The maximum Gasteiger partial charge on any atom is 0.431 e. The maximum atomic E-state index is 14.6. The number of carbonyl (C=O) groups excluding carboxylic acids is 4. The molecule has 1 heterocycles. The molecule has 2 aromatic carbocycles. The van der Waals surface area contributed by atoms with Crippen LogP contribution in [0, 0.1) is 0 Å². The van der Waals surface area contributed by atoms with Crippen molar-refractivity contribution < 1.29 is 33.4 Å². The molecular weight excluding hydrogens is 502 g/mol. The van der Waals surface area contributed by atoms with Gasteiger partial charge in [0.25, 0.3) is 5.91 Å². The molecule has 0 saturated carbocycles. The molecule has 10 heteroatoms. The molecule has 0 bridgehead atoms. The number of rotatable bonds is 2. The predicted molar refractivity (Wildman–Crippen MR) is 145 cm³/mol. The average Bonchev–Trinajstić information content (AvgIpc) is 3.03. The Morgan fingerprint density at radius 1 is 0.744 bits per heavy atom. The van der Waals surface area contributed by atoms with E-state index in [4.69, 9.17) is 14.2 Å². The number of amides is 4. The van der Waals surface area contributed by atoms with Crippen LogP contribution in [0.2, 0.25) is 0 Å². The van der Waals surface area contributed by atoms with Crippen molar-refractivity contribution in [2.24, 2.45) is 0 Å². The fraction of sp³-hybridized carbons (Fsp3) is 0.448. The second-order valence-electron chi connectivity index (χ2n) is 12.1. The van der Waals surface area contributed by atoms with Gasteiger partial charge >= 0.3 is 18.3 Å². The van der Waals surface area contributed by atoms with Gasteiger partial charge < -0.3 is 14.2 Å². The van der Waals surface area contributed by atoms with Crippen LogP contribution in [-0.2, 0) is 24.5 Å². The zero-order valence-corrected chi connectivity index (χ0v) is 23.9. The number of hydrazine groups is 1. The first-order valence-corrected chi connectivity index (χ1v) is 12.6. The van der Waals surface area contributed by atoms with Gasteiger partial charge in [-0.05, 0) is 73.9 Å². The maximum absolute atomic E-state index is 14.6. The molecule has 0 aromatic heterocycles. The molecule has 3 rings (SSSR count). The molecule has 0 radical (unpaired) electrons. The highest BCUT2D eigenvalue weighted by molar-refractivity contribution is 6.23. The monoisotopic (exact) mass is 539 g/mol. The summed E-state index contributed by atoms with van der Waals surface area (Å²) in [5.74, 6) is -0.842. The molecule has 1 aliphatic heterocycles. The number of benzene rings is 2. The summed E-state index contributed by atoms with van der Waals surface area (Å²) in [6, 6.07) is 14.9. The van der Waals surface area contributed by atoms with Crippen LogP contribution in [0.4, 0.5) is 20.1 Å². The van der Waals surface area contributed by atoms with Crippen LogP contribution in [0.1, 0.15) is 73.4 Å². The lowest BCUT2D eigenvalue weighted by molar-refractivity contribution is -0.129. The van der Waals surface area contributed by atoms with E-state index >= 15 is 0 Å². The van der Waals surface area contributed by atoms with Gasteiger partial charge in [-0.25, -0.2) is 24.7 Å². The number of hydrogen-bond acceptors (Lipinski definition) is 7. The first-order valence-electron chi connectivity index (χ1n) is 12.6. The van der Waals surface area contributed by atoms with E-state index in [1.165, 1.54) is 0 Å². The summed E-state index contributed by atoms with van der Waals surface area (Å²) >= 11 is 0. The van der Waals surface area contributed by atoms with E-state index in [-0.39, 0.29) is 11.3 Å². The van der Waals surface area contributed by atoms with Crippen molar-refractivity contribution in [2.45, 2.75) is 84.7 Å². The molecule has 210 valence electrons. The standard InChI is InChI=1S/C29H37N3O7/c1-26(2,3)37-23(34)30-32(25(36)39-28(7,8)9)29(19-15-11-10-12-16-19)20-17-13-14-18-21(20)31(22(29)33)24(35)38-27(4,5)6/h10-18H,1-9H3,(H,30,34)/t29-/m1/s1. The summed E-state index contributed by atoms with van der Waals surface area (Å²) in [5, 5.41) is 0.799. The van der Waals surface area contributed by atoms with Crippen molar-refractivity contribution in [3.05, 3.63) is 65.7 Å². The van der Waals surface area contributed by atoms with Crippen LogP contribution in [-0.4, -0.2) is 46.0 Å². The third-order valence-corrected chi connectivity index (χ3v) is 5.33. The van der Waals surface area contributed by atoms with Crippen molar-refractivity contribution >= 4 is 29.9 Å². The topological polar surface area (TPSA) is 114 Å². The molecule has 2 aromatic rings. The van der Waals surface area contributed by atoms with Gasteiger partial charge in [0.2, 0.25) is 0 Å². The summed E-state index contributed by atoms with van der Waals surface area (Å²) in [6.07, 6.45) is -2.96. The predicted octanol–water partition coefficient (Wildman–Crippen LogP) is 5.89. The zero-order valence-electron chi connectivity index (χ0n) is 23.9. The molecule has 1 N–H and O–H groups in total. The van der Waals surface area contributed by atoms with Gasteiger partial charge in [0.1, 0.15) is 16.8 Å². The molecule has 0 spiro atoms. The quantitative estimate of drug-likeness (QED) is 0.374. The van der Waals surface area contributed by atoms with E-state index in [9.17, 15) is 19.2 Å².